The average molecular weight is 736 g/mol. The number of hydrogen-bond acceptors (Lipinski definition) is 7. The van der Waals surface area contributed by atoms with E-state index in [0.717, 1.165) is 30.1 Å². The van der Waals surface area contributed by atoms with Gasteiger partial charge in [0.05, 0.1) is 33.0 Å². The number of nitrogens with zero attached hydrogens (tertiary/aromatic N) is 3. The van der Waals surface area contributed by atoms with Crippen LogP contribution in [0.15, 0.2) is 86.2 Å². The second-order valence-corrected chi connectivity index (χ2v) is 12.3. The lowest BCUT2D eigenvalue weighted by Gasteiger charge is -2.37. The van der Waals surface area contributed by atoms with Crippen molar-refractivity contribution in [3.05, 3.63) is 103 Å². The number of methoxy groups -OCH3 is 2. The summed E-state index contributed by atoms with van der Waals surface area (Å²) in [6.45, 7) is -0.248. The molecule has 0 saturated carbocycles. The molecule has 0 aromatic heterocycles. The molecule has 0 aliphatic carbocycles. The third-order valence-electron chi connectivity index (χ3n) is 7.30. The molecule has 0 unspecified atom stereocenters. The summed E-state index contributed by atoms with van der Waals surface area (Å²) >= 11 is 10.5. The Hall–Kier alpha value is -2.57. The molecule has 0 radical (unpaired) electrons. The average Bonchev–Trinajstić information content (AvgIpc) is 3.41. The Morgan fingerprint density at radius 1 is 0.650 bits per heavy atom. The van der Waals surface area contributed by atoms with Gasteiger partial charge in [0.15, 0.2) is 0 Å². The van der Waals surface area contributed by atoms with Gasteiger partial charge in [-0.2, -0.15) is 0 Å². The van der Waals surface area contributed by atoms with E-state index in [4.69, 9.17) is 9.47 Å². The van der Waals surface area contributed by atoms with Crippen molar-refractivity contribution in [3.8, 4) is 0 Å². The van der Waals surface area contributed by atoms with Crippen LogP contribution in [0.1, 0.15) is 35.1 Å². The predicted octanol–water partition coefficient (Wildman–Crippen LogP) is 5.59. The molecule has 11 heteroatoms. The molecule has 2 heterocycles. The Kier molecular flexibility index (Phi) is 8.77. The third kappa shape index (κ3) is 5.49. The lowest BCUT2D eigenvalue weighted by Crippen LogP contribution is -2.43. The van der Waals surface area contributed by atoms with Crippen LogP contribution in [0.3, 0.4) is 0 Å². The number of fused-ring (bicyclic) bond motifs is 1. The first-order valence-corrected chi connectivity index (χ1v) is 14.8. The van der Waals surface area contributed by atoms with E-state index in [1.54, 1.807) is 4.90 Å². The Bertz CT molecular complexity index is 1360. The summed E-state index contributed by atoms with van der Waals surface area (Å²) in [4.78, 5) is 45.5. The molecule has 0 bridgehead atoms. The largest absolute Gasteiger partial charge is 0.468 e. The SMILES string of the molecule is COC(=O)CN1C(=O)[C@@H]2[C@@H](c3ccc(Br)cc3)N(CC(=O)OC)[C@@H](c3ccc(Br)cc3)N2[C@H]1c1ccc(Br)cc1. The highest BCUT2D eigenvalue weighted by Gasteiger charge is 2.61. The molecule has 2 aliphatic rings. The molecule has 2 aliphatic heterocycles. The van der Waals surface area contributed by atoms with Gasteiger partial charge in [-0.3, -0.25) is 19.3 Å². The van der Waals surface area contributed by atoms with Gasteiger partial charge in [-0.1, -0.05) is 84.2 Å². The van der Waals surface area contributed by atoms with Gasteiger partial charge in [0.1, 0.15) is 18.8 Å². The number of ether oxygens (including phenoxy) is 2. The summed E-state index contributed by atoms with van der Waals surface area (Å²) < 4.78 is 12.8. The summed E-state index contributed by atoms with van der Waals surface area (Å²) in [5.74, 6) is -1.14. The first-order chi connectivity index (χ1) is 19.2. The van der Waals surface area contributed by atoms with Crippen LogP contribution in [0.4, 0.5) is 0 Å². The normalized spacial score (nSPS) is 22.8. The maximum absolute atomic E-state index is 14.4. The molecule has 8 nitrogen and oxygen atoms in total. The van der Waals surface area contributed by atoms with E-state index >= 15 is 0 Å². The van der Waals surface area contributed by atoms with Crippen LogP contribution >= 0.6 is 47.8 Å². The highest BCUT2D eigenvalue weighted by molar-refractivity contribution is 9.11. The van der Waals surface area contributed by atoms with E-state index in [9.17, 15) is 14.4 Å². The first kappa shape index (κ1) is 28.9. The second kappa shape index (κ2) is 12.1. The van der Waals surface area contributed by atoms with Gasteiger partial charge >= 0.3 is 11.9 Å². The lowest BCUT2D eigenvalue weighted by atomic mass is 9.98. The number of carbonyl (C=O) groups is 3. The molecule has 3 aromatic carbocycles. The van der Waals surface area contributed by atoms with Crippen molar-refractivity contribution in [2.75, 3.05) is 27.3 Å². The fraction of sp³-hybridized carbons (Fsp3) is 0.276. The minimum Gasteiger partial charge on any atom is -0.468 e. The van der Waals surface area contributed by atoms with E-state index in [2.05, 4.69) is 52.7 Å². The van der Waals surface area contributed by atoms with Gasteiger partial charge in [-0.25, -0.2) is 4.90 Å². The van der Waals surface area contributed by atoms with Gasteiger partial charge < -0.3 is 14.4 Å². The molecule has 2 saturated heterocycles. The standard InChI is InChI=1S/C29H26Br3N3O5/c1-39-23(36)15-33-25(17-3-9-20(30)10-4-17)26-29(38)34(16-24(37)40-2)28(19-7-13-22(32)14-8-19)35(26)27(33)18-5-11-21(31)12-6-18/h3-14,25-28H,15-16H2,1-2H3/t25-,26+,27-,28+/m1/s1. The van der Waals surface area contributed by atoms with Crippen molar-refractivity contribution >= 4 is 65.6 Å². The van der Waals surface area contributed by atoms with Crippen LogP contribution < -0.4 is 0 Å². The molecular weight excluding hydrogens is 710 g/mol. The predicted molar refractivity (Wildman–Crippen MR) is 159 cm³/mol. The number of halogens is 3. The lowest BCUT2D eigenvalue weighted by molar-refractivity contribution is -0.148. The molecule has 4 atom stereocenters. The highest BCUT2D eigenvalue weighted by atomic mass is 79.9. The summed E-state index contributed by atoms with van der Waals surface area (Å²) in [6.07, 6.45) is -1.09. The Morgan fingerprint density at radius 2 is 1.07 bits per heavy atom. The molecule has 1 amide bonds. The zero-order valence-electron chi connectivity index (χ0n) is 21.7. The maximum Gasteiger partial charge on any atom is 0.325 e. The summed E-state index contributed by atoms with van der Waals surface area (Å²) in [7, 11) is 2.67. The molecule has 0 spiro atoms. The topological polar surface area (TPSA) is 79.4 Å². The summed E-state index contributed by atoms with van der Waals surface area (Å²) in [5, 5.41) is 0. The van der Waals surface area contributed by atoms with E-state index in [1.165, 1.54) is 14.2 Å². The number of carbonyl (C=O) groups excluding carboxylic acids is 3. The van der Waals surface area contributed by atoms with E-state index in [-0.39, 0.29) is 19.0 Å². The van der Waals surface area contributed by atoms with Crippen LogP contribution in [-0.4, -0.2) is 65.9 Å². The fourth-order valence-corrected chi connectivity index (χ4v) is 6.40. The smallest absolute Gasteiger partial charge is 0.325 e. The van der Waals surface area contributed by atoms with Crippen LogP contribution in [0.5, 0.6) is 0 Å². The molecule has 5 rings (SSSR count). The number of esters is 2. The first-order valence-electron chi connectivity index (χ1n) is 12.5. The monoisotopic (exact) mass is 733 g/mol. The molecule has 208 valence electrons. The van der Waals surface area contributed by atoms with Crippen LogP contribution in [0.25, 0.3) is 0 Å². The zero-order valence-corrected chi connectivity index (χ0v) is 26.4. The van der Waals surface area contributed by atoms with E-state index in [1.807, 2.05) is 77.7 Å². The quantitative estimate of drug-likeness (QED) is 0.293. The van der Waals surface area contributed by atoms with Gasteiger partial charge in [0.2, 0.25) is 5.91 Å². The van der Waals surface area contributed by atoms with Crippen molar-refractivity contribution in [2.45, 2.75) is 24.4 Å². The fourth-order valence-electron chi connectivity index (χ4n) is 5.61. The summed E-state index contributed by atoms with van der Waals surface area (Å²) in [6, 6.07) is 22.1. The molecule has 3 aromatic rings. The van der Waals surface area contributed by atoms with Crippen LogP contribution in [0, 0.1) is 0 Å². The van der Waals surface area contributed by atoms with Crippen molar-refractivity contribution in [3.63, 3.8) is 0 Å². The van der Waals surface area contributed by atoms with Crippen molar-refractivity contribution in [1.82, 2.24) is 14.7 Å². The third-order valence-corrected chi connectivity index (χ3v) is 8.89. The Balaban J connectivity index is 1.74. The highest BCUT2D eigenvalue weighted by Crippen LogP contribution is 2.54. The molecule has 0 N–H and O–H groups in total. The minimum atomic E-state index is -0.696. The molecule has 2 fully saturated rings. The van der Waals surface area contributed by atoms with E-state index < -0.39 is 36.4 Å². The van der Waals surface area contributed by atoms with Crippen molar-refractivity contribution in [1.29, 1.82) is 0 Å². The number of benzene rings is 3. The second-order valence-electron chi connectivity index (χ2n) is 9.53. The maximum atomic E-state index is 14.4. The number of rotatable bonds is 7. The van der Waals surface area contributed by atoms with Crippen LogP contribution in [0.2, 0.25) is 0 Å². The Labute approximate surface area is 257 Å². The van der Waals surface area contributed by atoms with Gasteiger partial charge in [0.25, 0.3) is 0 Å². The van der Waals surface area contributed by atoms with Crippen molar-refractivity contribution in [2.24, 2.45) is 0 Å². The van der Waals surface area contributed by atoms with Crippen molar-refractivity contribution < 1.29 is 23.9 Å². The molecule has 40 heavy (non-hydrogen) atoms. The van der Waals surface area contributed by atoms with Gasteiger partial charge in [-0.15, -0.1) is 0 Å². The van der Waals surface area contributed by atoms with E-state index in [0.29, 0.717) is 0 Å². The number of amides is 1. The van der Waals surface area contributed by atoms with Gasteiger partial charge in [0, 0.05) is 13.4 Å². The Morgan fingerprint density at radius 3 is 1.55 bits per heavy atom. The molecular formula is C29H26Br3N3O5. The summed E-state index contributed by atoms with van der Waals surface area (Å²) in [5.41, 5.74) is 2.59. The van der Waals surface area contributed by atoms with Gasteiger partial charge in [-0.05, 0) is 53.1 Å². The number of hydrogen-bond donors (Lipinski definition) is 0. The zero-order chi connectivity index (χ0) is 28.6. The van der Waals surface area contributed by atoms with Crippen LogP contribution in [-0.2, 0) is 23.9 Å². The minimum absolute atomic E-state index is 0.0394.